The van der Waals surface area contributed by atoms with E-state index >= 15 is 0 Å². The summed E-state index contributed by atoms with van der Waals surface area (Å²) in [6.45, 7) is 1.53. The highest BCUT2D eigenvalue weighted by Crippen LogP contribution is 2.38. The minimum atomic E-state index is -0.406. The molecule has 2 heterocycles. The minimum absolute atomic E-state index is 0.0888. The van der Waals surface area contributed by atoms with Gasteiger partial charge in [0.1, 0.15) is 5.58 Å². The van der Waals surface area contributed by atoms with E-state index < -0.39 is 5.91 Å². The van der Waals surface area contributed by atoms with Gasteiger partial charge in [-0.15, -0.1) is 0 Å². The molecule has 1 N–H and O–H groups in total. The van der Waals surface area contributed by atoms with Gasteiger partial charge < -0.3 is 19.2 Å². The van der Waals surface area contributed by atoms with Crippen LogP contribution >= 0.6 is 11.8 Å². The van der Waals surface area contributed by atoms with Gasteiger partial charge in [-0.1, -0.05) is 18.2 Å². The summed E-state index contributed by atoms with van der Waals surface area (Å²) in [7, 11) is 0. The van der Waals surface area contributed by atoms with E-state index in [1.165, 1.54) is 6.92 Å². The highest BCUT2D eigenvalue weighted by molar-refractivity contribution is 7.97. The molecule has 3 aromatic rings. The predicted octanol–water partition coefficient (Wildman–Crippen LogP) is 4.48. The zero-order valence-electron chi connectivity index (χ0n) is 14.8. The van der Waals surface area contributed by atoms with Gasteiger partial charge in [0.25, 0.3) is 5.91 Å². The fraction of sp³-hybridized carbons (Fsp3) is 0.200. The zero-order chi connectivity index (χ0) is 19.0. The SMILES string of the molecule is CSCc1c(C(=O)Nc2cc3c(cc2C(C)=O)OCO3)oc2ccccc12. The van der Waals surface area contributed by atoms with Gasteiger partial charge in [-0.25, -0.2) is 0 Å². The van der Waals surface area contributed by atoms with Gasteiger partial charge in [0.05, 0.1) is 5.69 Å². The van der Waals surface area contributed by atoms with Crippen LogP contribution in [-0.2, 0) is 5.75 Å². The van der Waals surface area contributed by atoms with Crippen molar-refractivity contribution in [2.75, 3.05) is 18.4 Å². The average Bonchev–Trinajstić information content (AvgIpc) is 3.25. The molecule has 2 aromatic carbocycles. The van der Waals surface area contributed by atoms with Crippen LogP contribution in [0, 0.1) is 0 Å². The van der Waals surface area contributed by atoms with Crippen molar-refractivity contribution >= 4 is 40.1 Å². The number of anilines is 1. The number of furan rings is 1. The fourth-order valence-corrected chi connectivity index (χ4v) is 3.66. The Hall–Kier alpha value is -2.93. The lowest BCUT2D eigenvalue weighted by molar-refractivity contribution is 0.0998. The van der Waals surface area contributed by atoms with E-state index in [9.17, 15) is 9.59 Å². The number of ketones is 1. The molecule has 4 rings (SSSR count). The molecule has 138 valence electrons. The van der Waals surface area contributed by atoms with Gasteiger partial charge in [0.2, 0.25) is 6.79 Å². The number of hydrogen-bond acceptors (Lipinski definition) is 6. The fourth-order valence-electron chi connectivity index (χ4n) is 3.09. The molecule has 1 aliphatic rings. The molecule has 1 aromatic heterocycles. The second-order valence-electron chi connectivity index (χ2n) is 6.10. The van der Waals surface area contributed by atoms with Gasteiger partial charge in [-0.05, 0) is 25.3 Å². The number of carbonyl (C=O) groups is 2. The Bertz CT molecular complexity index is 1060. The number of fused-ring (bicyclic) bond motifs is 2. The van der Waals surface area contributed by atoms with Crippen LogP contribution in [0.25, 0.3) is 11.0 Å². The standard InChI is InChI=1S/C20H17NO5S/c1-11(22)13-7-17-18(25-10-24-17)8-15(13)21-20(23)19-14(9-27-2)12-5-3-4-6-16(12)26-19/h3-8H,9-10H2,1-2H3,(H,21,23). The van der Waals surface area contributed by atoms with Crippen LogP contribution in [0.15, 0.2) is 40.8 Å². The Balaban J connectivity index is 1.74. The van der Waals surface area contributed by atoms with Crippen LogP contribution < -0.4 is 14.8 Å². The lowest BCUT2D eigenvalue weighted by atomic mass is 10.1. The second-order valence-corrected chi connectivity index (χ2v) is 6.97. The highest BCUT2D eigenvalue weighted by atomic mass is 32.2. The number of thioether (sulfide) groups is 1. The molecule has 0 fully saturated rings. The van der Waals surface area contributed by atoms with Gasteiger partial charge >= 0.3 is 0 Å². The highest BCUT2D eigenvalue weighted by Gasteiger charge is 2.24. The molecular formula is C20H17NO5S. The largest absolute Gasteiger partial charge is 0.454 e. The summed E-state index contributed by atoms with van der Waals surface area (Å²) < 4.78 is 16.5. The number of carbonyl (C=O) groups excluding carboxylic acids is 2. The number of hydrogen-bond donors (Lipinski definition) is 1. The second kappa shape index (κ2) is 7.00. The monoisotopic (exact) mass is 383 g/mol. The summed E-state index contributed by atoms with van der Waals surface area (Å²) in [5.41, 5.74) is 2.22. The van der Waals surface area contributed by atoms with E-state index in [2.05, 4.69) is 5.32 Å². The first-order valence-electron chi connectivity index (χ1n) is 8.33. The third-order valence-corrected chi connectivity index (χ3v) is 4.91. The maximum Gasteiger partial charge on any atom is 0.291 e. The van der Waals surface area contributed by atoms with Crippen molar-refractivity contribution in [1.29, 1.82) is 0 Å². The predicted molar refractivity (Wildman–Crippen MR) is 104 cm³/mol. The Morgan fingerprint density at radius 3 is 2.63 bits per heavy atom. The van der Waals surface area contributed by atoms with E-state index in [0.29, 0.717) is 34.1 Å². The molecule has 0 unspecified atom stereocenters. The average molecular weight is 383 g/mol. The van der Waals surface area contributed by atoms with Crippen molar-refractivity contribution in [1.82, 2.24) is 0 Å². The minimum Gasteiger partial charge on any atom is -0.454 e. The summed E-state index contributed by atoms with van der Waals surface area (Å²) >= 11 is 1.61. The molecular weight excluding hydrogens is 366 g/mol. The van der Waals surface area contributed by atoms with E-state index in [0.717, 1.165) is 10.9 Å². The van der Waals surface area contributed by atoms with Crippen molar-refractivity contribution in [2.45, 2.75) is 12.7 Å². The van der Waals surface area contributed by atoms with Gasteiger partial charge in [0, 0.05) is 28.3 Å². The molecule has 0 spiro atoms. The first-order valence-corrected chi connectivity index (χ1v) is 9.73. The summed E-state index contributed by atoms with van der Waals surface area (Å²) in [6, 6.07) is 10.7. The summed E-state index contributed by atoms with van der Waals surface area (Å²) in [4.78, 5) is 25.0. The number of para-hydroxylation sites is 1. The molecule has 1 amide bonds. The van der Waals surface area contributed by atoms with Crippen LogP contribution in [-0.4, -0.2) is 24.7 Å². The van der Waals surface area contributed by atoms with Crippen LogP contribution in [0.1, 0.15) is 33.4 Å². The number of nitrogens with one attached hydrogen (secondary N) is 1. The van der Waals surface area contributed by atoms with Crippen LogP contribution in [0.3, 0.4) is 0 Å². The lowest BCUT2D eigenvalue weighted by Gasteiger charge is -2.10. The zero-order valence-corrected chi connectivity index (χ0v) is 15.6. The van der Waals surface area contributed by atoms with E-state index in [1.54, 1.807) is 23.9 Å². The quantitative estimate of drug-likeness (QED) is 0.655. The number of benzene rings is 2. The van der Waals surface area contributed by atoms with Crippen molar-refractivity contribution < 1.29 is 23.5 Å². The molecule has 6 nitrogen and oxygen atoms in total. The Kier molecular flexibility index (Phi) is 4.53. The lowest BCUT2D eigenvalue weighted by Crippen LogP contribution is -2.15. The molecule has 0 bridgehead atoms. The van der Waals surface area contributed by atoms with Gasteiger partial charge in [-0.2, -0.15) is 11.8 Å². The van der Waals surface area contributed by atoms with Crippen LogP contribution in [0.4, 0.5) is 5.69 Å². The van der Waals surface area contributed by atoms with Gasteiger partial charge in [-0.3, -0.25) is 9.59 Å². The molecule has 0 radical (unpaired) electrons. The first kappa shape index (κ1) is 17.5. The van der Waals surface area contributed by atoms with E-state index in [-0.39, 0.29) is 18.3 Å². The molecule has 0 saturated heterocycles. The van der Waals surface area contributed by atoms with Crippen molar-refractivity contribution in [3.63, 3.8) is 0 Å². The summed E-state index contributed by atoms with van der Waals surface area (Å²) in [5, 5.41) is 3.71. The normalized spacial score (nSPS) is 12.4. The Morgan fingerprint density at radius 1 is 1.15 bits per heavy atom. The summed E-state index contributed by atoms with van der Waals surface area (Å²) in [6.07, 6.45) is 1.97. The molecule has 0 saturated carbocycles. The number of amides is 1. The summed E-state index contributed by atoms with van der Waals surface area (Å²) in [5.74, 6) is 1.28. The number of Topliss-reactive ketones (excluding diaryl/α,β-unsaturated/α-hetero) is 1. The van der Waals surface area contributed by atoms with Crippen molar-refractivity contribution in [3.05, 3.63) is 53.3 Å². The van der Waals surface area contributed by atoms with Crippen LogP contribution in [0.2, 0.25) is 0 Å². The van der Waals surface area contributed by atoms with E-state index in [4.69, 9.17) is 13.9 Å². The van der Waals surface area contributed by atoms with Crippen molar-refractivity contribution in [2.24, 2.45) is 0 Å². The maximum absolute atomic E-state index is 13.0. The molecule has 27 heavy (non-hydrogen) atoms. The number of ether oxygens (including phenoxy) is 2. The third-order valence-electron chi connectivity index (χ3n) is 4.33. The molecule has 0 atom stereocenters. The first-order chi connectivity index (χ1) is 13.1. The topological polar surface area (TPSA) is 77.8 Å². The third kappa shape index (κ3) is 3.14. The molecule has 7 heteroatoms. The number of rotatable bonds is 5. The Morgan fingerprint density at radius 2 is 1.89 bits per heavy atom. The van der Waals surface area contributed by atoms with E-state index in [1.807, 2.05) is 30.5 Å². The maximum atomic E-state index is 13.0. The molecule has 1 aliphatic heterocycles. The smallest absolute Gasteiger partial charge is 0.291 e. The Labute approximate surface area is 159 Å². The van der Waals surface area contributed by atoms with Crippen LogP contribution in [0.5, 0.6) is 11.5 Å². The molecule has 0 aliphatic carbocycles. The van der Waals surface area contributed by atoms with Crippen molar-refractivity contribution in [3.8, 4) is 11.5 Å². The van der Waals surface area contributed by atoms with Gasteiger partial charge in [0.15, 0.2) is 23.0 Å².